The molecule has 0 amide bonds. The number of rotatable bonds is 2. The smallest absolute Gasteiger partial charge is 0.157 e. The van der Waals surface area contributed by atoms with Crippen LogP contribution in [0.25, 0.3) is 0 Å². The van der Waals surface area contributed by atoms with E-state index in [0.717, 1.165) is 12.0 Å². The molecule has 15 heavy (non-hydrogen) atoms. The summed E-state index contributed by atoms with van der Waals surface area (Å²) in [7, 11) is 0. The predicted octanol–water partition coefficient (Wildman–Crippen LogP) is 1.93. The van der Waals surface area contributed by atoms with E-state index in [0.29, 0.717) is 11.8 Å². The standard InChI is InChI=1S/C12H17NO2/c1-7(2)9-6-12(9,13)8-3-4-10(14)11(15)5-8/h3-5,7,9,14-15H,6,13H2,1-2H3. The van der Waals surface area contributed by atoms with E-state index in [1.54, 1.807) is 12.1 Å². The Bertz CT molecular complexity index is 389. The van der Waals surface area contributed by atoms with E-state index in [4.69, 9.17) is 5.73 Å². The molecule has 1 fully saturated rings. The monoisotopic (exact) mass is 207 g/mol. The fourth-order valence-electron chi connectivity index (χ4n) is 2.28. The molecule has 1 aromatic rings. The third kappa shape index (κ3) is 1.57. The van der Waals surface area contributed by atoms with Gasteiger partial charge in [-0.05, 0) is 36.0 Å². The quantitative estimate of drug-likeness (QED) is 0.649. The second kappa shape index (κ2) is 3.14. The summed E-state index contributed by atoms with van der Waals surface area (Å²) in [5.41, 5.74) is 6.85. The van der Waals surface area contributed by atoms with Gasteiger partial charge in [0.25, 0.3) is 0 Å². The molecule has 1 aliphatic rings. The van der Waals surface area contributed by atoms with Crippen LogP contribution in [0.2, 0.25) is 0 Å². The summed E-state index contributed by atoms with van der Waals surface area (Å²) in [4.78, 5) is 0. The van der Waals surface area contributed by atoms with Gasteiger partial charge < -0.3 is 15.9 Å². The Hall–Kier alpha value is -1.22. The molecule has 1 aliphatic carbocycles. The van der Waals surface area contributed by atoms with Crippen LogP contribution in [-0.4, -0.2) is 10.2 Å². The number of phenols is 2. The maximum atomic E-state index is 9.41. The first kappa shape index (κ1) is 10.3. The van der Waals surface area contributed by atoms with Crippen molar-refractivity contribution in [2.75, 3.05) is 0 Å². The number of hydrogen-bond donors (Lipinski definition) is 3. The van der Waals surface area contributed by atoms with E-state index >= 15 is 0 Å². The Labute approximate surface area is 89.5 Å². The number of hydrogen-bond acceptors (Lipinski definition) is 3. The lowest BCUT2D eigenvalue weighted by atomic mass is 9.97. The van der Waals surface area contributed by atoms with Crippen molar-refractivity contribution in [2.24, 2.45) is 17.6 Å². The molecule has 3 heteroatoms. The number of aromatic hydroxyl groups is 2. The van der Waals surface area contributed by atoms with Crippen molar-refractivity contribution in [3.63, 3.8) is 0 Å². The van der Waals surface area contributed by atoms with Gasteiger partial charge in [0.2, 0.25) is 0 Å². The van der Waals surface area contributed by atoms with Crippen LogP contribution in [0, 0.1) is 11.8 Å². The minimum atomic E-state index is -0.306. The van der Waals surface area contributed by atoms with Crippen LogP contribution in [0.3, 0.4) is 0 Å². The fourth-order valence-corrected chi connectivity index (χ4v) is 2.28. The van der Waals surface area contributed by atoms with Crippen LogP contribution in [0.1, 0.15) is 25.8 Å². The van der Waals surface area contributed by atoms with Gasteiger partial charge in [-0.3, -0.25) is 0 Å². The summed E-state index contributed by atoms with van der Waals surface area (Å²) in [6, 6.07) is 4.85. The molecule has 82 valence electrons. The van der Waals surface area contributed by atoms with Gasteiger partial charge >= 0.3 is 0 Å². The molecule has 0 heterocycles. The highest BCUT2D eigenvalue weighted by molar-refractivity contribution is 5.45. The van der Waals surface area contributed by atoms with Crippen LogP contribution < -0.4 is 5.73 Å². The molecule has 2 rings (SSSR count). The molecule has 2 unspecified atom stereocenters. The van der Waals surface area contributed by atoms with Gasteiger partial charge in [-0.15, -0.1) is 0 Å². The molecular weight excluding hydrogens is 190 g/mol. The molecule has 4 N–H and O–H groups in total. The van der Waals surface area contributed by atoms with Gasteiger partial charge in [-0.2, -0.15) is 0 Å². The Morgan fingerprint density at radius 3 is 2.47 bits per heavy atom. The number of phenolic OH excluding ortho intramolecular Hbond substituents is 2. The molecular formula is C12H17NO2. The minimum Gasteiger partial charge on any atom is -0.504 e. The van der Waals surface area contributed by atoms with E-state index < -0.39 is 0 Å². The highest BCUT2D eigenvalue weighted by Gasteiger charge is 2.53. The van der Waals surface area contributed by atoms with Crippen molar-refractivity contribution in [2.45, 2.75) is 25.8 Å². The average Bonchev–Trinajstić information content (AvgIpc) is 2.84. The fraction of sp³-hybridized carbons (Fsp3) is 0.500. The molecule has 3 nitrogen and oxygen atoms in total. The van der Waals surface area contributed by atoms with Crippen LogP contribution >= 0.6 is 0 Å². The first-order valence-corrected chi connectivity index (χ1v) is 5.26. The maximum Gasteiger partial charge on any atom is 0.157 e. The zero-order valence-corrected chi connectivity index (χ0v) is 9.07. The van der Waals surface area contributed by atoms with Gasteiger partial charge in [-0.1, -0.05) is 19.9 Å². The first-order valence-electron chi connectivity index (χ1n) is 5.26. The lowest BCUT2D eigenvalue weighted by molar-refractivity contribution is 0.401. The van der Waals surface area contributed by atoms with E-state index in [9.17, 15) is 10.2 Å². The number of nitrogens with two attached hydrogens (primary N) is 1. The van der Waals surface area contributed by atoms with Gasteiger partial charge in [-0.25, -0.2) is 0 Å². The molecule has 0 saturated heterocycles. The molecule has 0 aliphatic heterocycles. The lowest BCUT2D eigenvalue weighted by Gasteiger charge is -2.14. The molecule has 0 spiro atoms. The molecule has 0 bridgehead atoms. The minimum absolute atomic E-state index is 0.0910. The second-order valence-electron chi connectivity index (χ2n) is 4.80. The molecule has 0 aromatic heterocycles. The van der Waals surface area contributed by atoms with Gasteiger partial charge in [0, 0.05) is 5.54 Å². The number of benzene rings is 1. The summed E-state index contributed by atoms with van der Waals surface area (Å²) in [6.45, 7) is 4.30. The highest BCUT2D eigenvalue weighted by Crippen LogP contribution is 2.54. The predicted molar refractivity (Wildman–Crippen MR) is 58.6 cm³/mol. The van der Waals surface area contributed by atoms with Crippen LogP contribution in [0.15, 0.2) is 18.2 Å². The topological polar surface area (TPSA) is 66.5 Å². The van der Waals surface area contributed by atoms with E-state index in [1.165, 1.54) is 6.07 Å². The van der Waals surface area contributed by atoms with Crippen molar-refractivity contribution in [1.82, 2.24) is 0 Å². The van der Waals surface area contributed by atoms with E-state index in [-0.39, 0.29) is 17.0 Å². The summed E-state index contributed by atoms with van der Waals surface area (Å²) in [6.07, 6.45) is 0.953. The Morgan fingerprint density at radius 1 is 1.33 bits per heavy atom. The summed E-state index contributed by atoms with van der Waals surface area (Å²) in [5.74, 6) is 0.836. The SMILES string of the molecule is CC(C)C1CC1(N)c1ccc(O)c(O)c1. The van der Waals surface area contributed by atoms with Crippen LogP contribution in [0.5, 0.6) is 11.5 Å². The molecule has 1 saturated carbocycles. The van der Waals surface area contributed by atoms with E-state index in [1.807, 2.05) is 0 Å². The van der Waals surface area contributed by atoms with Gasteiger partial charge in [0.15, 0.2) is 11.5 Å². The van der Waals surface area contributed by atoms with Crippen molar-refractivity contribution < 1.29 is 10.2 Å². The molecule has 1 aromatic carbocycles. The zero-order valence-electron chi connectivity index (χ0n) is 9.07. The molecule has 2 atom stereocenters. The maximum absolute atomic E-state index is 9.41. The van der Waals surface area contributed by atoms with Crippen LogP contribution in [-0.2, 0) is 5.54 Å². The normalized spacial score (nSPS) is 29.5. The zero-order chi connectivity index (χ0) is 11.2. The van der Waals surface area contributed by atoms with Crippen molar-refractivity contribution in [3.8, 4) is 11.5 Å². The Balaban J connectivity index is 2.28. The third-order valence-electron chi connectivity index (χ3n) is 3.38. The van der Waals surface area contributed by atoms with Crippen molar-refractivity contribution in [3.05, 3.63) is 23.8 Å². The average molecular weight is 207 g/mol. The Morgan fingerprint density at radius 2 is 2.00 bits per heavy atom. The third-order valence-corrected chi connectivity index (χ3v) is 3.38. The van der Waals surface area contributed by atoms with Crippen LogP contribution in [0.4, 0.5) is 0 Å². The summed E-state index contributed by atoms with van der Waals surface area (Å²) >= 11 is 0. The summed E-state index contributed by atoms with van der Waals surface area (Å²) < 4.78 is 0. The highest BCUT2D eigenvalue weighted by atomic mass is 16.3. The summed E-state index contributed by atoms with van der Waals surface area (Å²) in [5, 5.41) is 18.6. The molecule has 0 radical (unpaired) electrons. The van der Waals surface area contributed by atoms with Crippen molar-refractivity contribution >= 4 is 0 Å². The largest absolute Gasteiger partial charge is 0.504 e. The second-order valence-corrected chi connectivity index (χ2v) is 4.80. The lowest BCUT2D eigenvalue weighted by Crippen LogP contribution is -2.23. The van der Waals surface area contributed by atoms with Gasteiger partial charge in [0.05, 0.1) is 0 Å². The first-order chi connectivity index (χ1) is 6.95. The Kier molecular flexibility index (Phi) is 2.15. The van der Waals surface area contributed by atoms with E-state index in [2.05, 4.69) is 13.8 Å². The van der Waals surface area contributed by atoms with Crippen molar-refractivity contribution in [1.29, 1.82) is 0 Å². The van der Waals surface area contributed by atoms with Gasteiger partial charge in [0.1, 0.15) is 0 Å².